The fraction of sp³-hybridized carbons (Fsp3) is 0. The summed E-state index contributed by atoms with van der Waals surface area (Å²) >= 11 is 0. The normalized spacial score (nSPS) is 11.2. The van der Waals surface area contributed by atoms with Crippen LogP contribution < -0.4 is 0 Å². The van der Waals surface area contributed by atoms with Crippen LogP contribution in [-0.2, 0) is 0 Å². The molecule has 260 valence electrons. The molecule has 0 spiro atoms. The van der Waals surface area contributed by atoms with Crippen LogP contribution in [0.1, 0.15) is 0 Å². The SMILES string of the molecule is [C-]#[N+]c1cccc(-c2cc3c4ccccc4c(-c4cncc(-c5cccc(-c6nc(-c7ccccc7)nc(-c7ccccc7)n6)c5)c4)cc3c3ccccc23)c1. The Bertz CT molecular complexity index is 3090. The highest BCUT2D eigenvalue weighted by Crippen LogP contribution is 2.42. The molecule has 0 aliphatic rings. The quantitative estimate of drug-likeness (QED) is 0.127. The molecule has 0 amide bonds. The predicted octanol–water partition coefficient (Wildman–Crippen LogP) is 13.3. The van der Waals surface area contributed by atoms with Crippen LogP contribution in [0.5, 0.6) is 0 Å². The van der Waals surface area contributed by atoms with Gasteiger partial charge in [0.15, 0.2) is 23.2 Å². The number of fused-ring (bicyclic) bond motifs is 5. The molecule has 0 aliphatic heterocycles. The first-order chi connectivity index (χ1) is 27.7. The Labute approximate surface area is 324 Å². The van der Waals surface area contributed by atoms with Crippen molar-refractivity contribution < 1.29 is 0 Å². The minimum Gasteiger partial charge on any atom is -0.263 e. The molecule has 0 bridgehead atoms. The van der Waals surface area contributed by atoms with Crippen molar-refractivity contribution in [3.63, 3.8) is 0 Å². The highest BCUT2D eigenvalue weighted by molar-refractivity contribution is 6.23. The van der Waals surface area contributed by atoms with Crippen molar-refractivity contribution in [1.29, 1.82) is 0 Å². The zero-order valence-electron chi connectivity index (χ0n) is 30.1. The van der Waals surface area contributed by atoms with Crippen molar-refractivity contribution >= 4 is 38.0 Å². The van der Waals surface area contributed by atoms with Crippen molar-refractivity contribution in [2.24, 2.45) is 0 Å². The first-order valence-corrected chi connectivity index (χ1v) is 18.5. The molecule has 0 aliphatic carbocycles. The first kappa shape index (κ1) is 32.8. The van der Waals surface area contributed by atoms with Gasteiger partial charge in [-0.3, -0.25) is 4.98 Å². The molecule has 0 N–H and O–H groups in total. The summed E-state index contributed by atoms with van der Waals surface area (Å²) in [7, 11) is 0. The molecule has 2 aromatic heterocycles. The van der Waals surface area contributed by atoms with Gasteiger partial charge in [-0.25, -0.2) is 19.8 Å². The molecule has 0 saturated heterocycles. The molecular formula is C51H31N5. The molecule has 8 aromatic carbocycles. The molecule has 10 rings (SSSR count). The minimum absolute atomic E-state index is 0.608. The van der Waals surface area contributed by atoms with Crippen LogP contribution in [0, 0.1) is 6.57 Å². The Morgan fingerprint density at radius 3 is 1.38 bits per heavy atom. The third-order valence-electron chi connectivity index (χ3n) is 10.4. The maximum absolute atomic E-state index is 7.62. The third-order valence-corrected chi connectivity index (χ3v) is 10.4. The van der Waals surface area contributed by atoms with E-state index in [0.717, 1.165) is 60.8 Å². The van der Waals surface area contributed by atoms with Gasteiger partial charge in [0.1, 0.15) is 0 Å². The molecule has 0 fully saturated rings. The van der Waals surface area contributed by atoms with Crippen LogP contribution >= 0.6 is 0 Å². The Balaban J connectivity index is 1.11. The smallest absolute Gasteiger partial charge is 0.187 e. The summed E-state index contributed by atoms with van der Waals surface area (Å²) < 4.78 is 0. The van der Waals surface area contributed by atoms with Gasteiger partial charge in [0.25, 0.3) is 0 Å². The topological polar surface area (TPSA) is 55.9 Å². The third kappa shape index (κ3) is 5.92. The van der Waals surface area contributed by atoms with E-state index >= 15 is 0 Å². The molecule has 0 radical (unpaired) electrons. The number of benzene rings is 8. The lowest BCUT2D eigenvalue weighted by molar-refractivity contribution is 1.07. The standard InChI is InChI=1S/C51H31N5/c1-52-40-21-13-19-36(28-40)45-29-47-44-25-11-9-23-42(44)46(30-48(47)43-24-10-8-22-41(43)45)39-27-38(31-53-32-39)35-18-12-20-37(26-35)51-55-49(33-14-4-2-5-15-33)54-50(56-51)34-16-6-3-7-17-34/h2-32H. The van der Waals surface area contributed by atoms with Crippen LogP contribution in [0.3, 0.4) is 0 Å². The van der Waals surface area contributed by atoms with E-state index < -0.39 is 0 Å². The molecule has 5 heteroatoms. The lowest BCUT2D eigenvalue weighted by Crippen LogP contribution is -2.00. The molecule has 0 unspecified atom stereocenters. The van der Waals surface area contributed by atoms with E-state index in [0.29, 0.717) is 23.2 Å². The van der Waals surface area contributed by atoms with Gasteiger partial charge in [-0.15, -0.1) is 0 Å². The second kappa shape index (κ2) is 13.9. The lowest BCUT2D eigenvalue weighted by Gasteiger charge is -2.16. The Morgan fingerprint density at radius 2 is 0.768 bits per heavy atom. The fourth-order valence-corrected chi connectivity index (χ4v) is 7.69. The summed E-state index contributed by atoms with van der Waals surface area (Å²) in [6, 6.07) is 60.3. The Kier molecular flexibility index (Phi) is 8.13. The lowest BCUT2D eigenvalue weighted by atomic mass is 9.87. The number of nitrogens with zero attached hydrogens (tertiary/aromatic N) is 5. The fourth-order valence-electron chi connectivity index (χ4n) is 7.69. The van der Waals surface area contributed by atoms with Crippen molar-refractivity contribution in [3.05, 3.63) is 200 Å². The van der Waals surface area contributed by atoms with E-state index in [2.05, 4.69) is 95.8 Å². The molecule has 56 heavy (non-hydrogen) atoms. The maximum Gasteiger partial charge on any atom is 0.187 e. The average Bonchev–Trinajstić information content (AvgIpc) is 3.29. The molecule has 0 atom stereocenters. The van der Waals surface area contributed by atoms with Crippen LogP contribution in [0.4, 0.5) is 5.69 Å². The van der Waals surface area contributed by atoms with Gasteiger partial charge < -0.3 is 0 Å². The van der Waals surface area contributed by atoms with Gasteiger partial charge in [-0.1, -0.05) is 146 Å². The van der Waals surface area contributed by atoms with Gasteiger partial charge in [0.05, 0.1) is 6.57 Å². The van der Waals surface area contributed by atoms with Gasteiger partial charge in [0, 0.05) is 40.2 Å². The number of rotatable bonds is 6. The predicted molar refractivity (Wildman–Crippen MR) is 229 cm³/mol. The van der Waals surface area contributed by atoms with E-state index in [1.165, 1.54) is 21.5 Å². The summed E-state index contributed by atoms with van der Waals surface area (Å²) in [4.78, 5) is 23.3. The molecule has 2 heterocycles. The van der Waals surface area contributed by atoms with E-state index in [9.17, 15) is 0 Å². The van der Waals surface area contributed by atoms with E-state index in [4.69, 9.17) is 26.5 Å². The van der Waals surface area contributed by atoms with Crippen molar-refractivity contribution in [1.82, 2.24) is 19.9 Å². The largest absolute Gasteiger partial charge is 0.263 e. The van der Waals surface area contributed by atoms with Crippen LogP contribution in [0.25, 0.3) is 105 Å². The van der Waals surface area contributed by atoms with Crippen molar-refractivity contribution in [2.75, 3.05) is 0 Å². The number of hydrogen-bond donors (Lipinski definition) is 0. The number of hydrogen-bond acceptors (Lipinski definition) is 4. The molecule has 0 saturated carbocycles. The minimum atomic E-state index is 0.608. The molecule has 10 aromatic rings. The van der Waals surface area contributed by atoms with Crippen LogP contribution in [0.2, 0.25) is 0 Å². The molecule has 5 nitrogen and oxygen atoms in total. The van der Waals surface area contributed by atoms with Gasteiger partial charge in [0.2, 0.25) is 0 Å². The second-order valence-electron chi connectivity index (χ2n) is 13.8. The van der Waals surface area contributed by atoms with E-state index in [-0.39, 0.29) is 0 Å². The van der Waals surface area contributed by atoms with Crippen molar-refractivity contribution in [3.8, 4) is 67.5 Å². The van der Waals surface area contributed by atoms with E-state index in [1.807, 2.05) is 97.3 Å². The summed E-state index contributed by atoms with van der Waals surface area (Å²) in [6.07, 6.45) is 3.88. The summed E-state index contributed by atoms with van der Waals surface area (Å²) in [6.45, 7) is 7.62. The van der Waals surface area contributed by atoms with Gasteiger partial charge in [-0.05, 0) is 84.9 Å². The summed E-state index contributed by atoms with van der Waals surface area (Å²) in [5.74, 6) is 1.86. The second-order valence-corrected chi connectivity index (χ2v) is 13.8. The van der Waals surface area contributed by atoms with Crippen LogP contribution in [-0.4, -0.2) is 19.9 Å². The van der Waals surface area contributed by atoms with Crippen molar-refractivity contribution in [2.45, 2.75) is 0 Å². The zero-order chi connectivity index (χ0) is 37.4. The highest BCUT2D eigenvalue weighted by Gasteiger charge is 2.17. The van der Waals surface area contributed by atoms with E-state index in [1.54, 1.807) is 0 Å². The Hall–Kier alpha value is -7.81. The first-order valence-electron chi connectivity index (χ1n) is 18.5. The number of pyridine rings is 1. The maximum atomic E-state index is 7.62. The highest BCUT2D eigenvalue weighted by atomic mass is 15.0. The Morgan fingerprint density at radius 1 is 0.321 bits per heavy atom. The van der Waals surface area contributed by atoms with Gasteiger partial charge >= 0.3 is 0 Å². The number of aromatic nitrogens is 4. The average molecular weight is 714 g/mol. The molecular weight excluding hydrogens is 683 g/mol. The monoisotopic (exact) mass is 713 g/mol. The summed E-state index contributed by atoms with van der Waals surface area (Å²) in [5.41, 5.74) is 9.70. The van der Waals surface area contributed by atoms with Crippen LogP contribution in [0.15, 0.2) is 188 Å². The van der Waals surface area contributed by atoms with Gasteiger partial charge in [-0.2, -0.15) is 0 Å². The summed E-state index contributed by atoms with van der Waals surface area (Å²) in [5, 5.41) is 6.97. The zero-order valence-corrected chi connectivity index (χ0v) is 30.1.